The molecule has 1 N–H and O–H groups in total. The molecule has 0 radical (unpaired) electrons. The SMILES string of the molecule is CNC(c1ccc(Cl)c(F)c1)C1CCOC1. The van der Waals surface area contributed by atoms with E-state index in [1.807, 2.05) is 13.1 Å². The minimum Gasteiger partial charge on any atom is -0.381 e. The van der Waals surface area contributed by atoms with Crippen molar-refractivity contribution in [1.29, 1.82) is 0 Å². The molecule has 16 heavy (non-hydrogen) atoms. The first-order valence-corrected chi connectivity index (χ1v) is 5.80. The molecule has 1 heterocycles. The number of hydrogen-bond acceptors (Lipinski definition) is 2. The summed E-state index contributed by atoms with van der Waals surface area (Å²) in [5.74, 6) is 0.0453. The summed E-state index contributed by atoms with van der Waals surface area (Å²) in [4.78, 5) is 0. The number of benzene rings is 1. The molecule has 1 aliphatic rings. The summed E-state index contributed by atoms with van der Waals surface area (Å²) in [7, 11) is 1.88. The van der Waals surface area contributed by atoms with E-state index in [1.54, 1.807) is 6.07 Å². The van der Waals surface area contributed by atoms with Gasteiger partial charge in [0, 0.05) is 18.6 Å². The lowest BCUT2D eigenvalue weighted by Crippen LogP contribution is -2.25. The van der Waals surface area contributed by atoms with Crippen molar-refractivity contribution in [2.24, 2.45) is 5.92 Å². The summed E-state index contributed by atoms with van der Waals surface area (Å²) in [6.07, 6.45) is 1.01. The van der Waals surface area contributed by atoms with Crippen molar-refractivity contribution >= 4 is 11.6 Å². The van der Waals surface area contributed by atoms with Gasteiger partial charge in [-0.15, -0.1) is 0 Å². The Balaban J connectivity index is 2.22. The van der Waals surface area contributed by atoms with Crippen LogP contribution in [-0.2, 0) is 4.74 Å². The molecule has 0 aliphatic carbocycles. The third kappa shape index (κ3) is 2.37. The first kappa shape index (κ1) is 11.8. The fraction of sp³-hybridized carbons (Fsp3) is 0.500. The lowest BCUT2D eigenvalue weighted by molar-refractivity contribution is 0.177. The van der Waals surface area contributed by atoms with Crippen molar-refractivity contribution in [3.8, 4) is 0 Å². The minimum absolute atomic E-state index is 0.134. The van der Waals surface area contributed by atoms with Gasteiger partial charge in [-0.05, 0) is 31.2 Å². The number of hydrogen-bond donors (Lipinski definition) is 1. The normalized spacial score (nSPS) is 22.3. The summed E-state index contributed by atoms with van der Waals surface area (Å²) in [5, 5.41) is 3.39. The Kier molecular flexibility index (Phi) is 3.79. The highest BCUT2D eigenvalue weighted by Crippen LogP contribution is 2.30. The Morgan fingerprint density at radius 2 is 2.38 bits per heavy atom. The maximum absolute atomic E-state index is 13.4. The average molecular weight is 244 g/mol. The van der Waals surface area contributed by atoms with E-state index in [0.717, 1.165) is 25.2 Å². The number of halogens is 2. The standard InChI is InChI=1S/C12H15ClFNO/c1-15-12(9-4-5-16-7-9)8-2-3-10(13)11(14)6-8/h2-3,6,9,12,15H,4-5,7H2,1H3. The quantitative estimate of drug-likeness (QED) is 0.882. The molecule has 2 nitrogen and oxygen atoms in total. The summed E-state index contributed by atoms with van der Waals surface area (Å²) < 4.78 is 18.7. The van der Waals surface area contributed by atoms with Crippen LogP contribution in [0.25, 0.3) is 0 Å². The Hall–Kier alpha value is -0.640. The Bertz CT molecular complexity index is 366. The lowest BCUT2D eigenvalue weighted by atomic mass is 9.92. The number of rotatable bonds is 3. The molecule has 1 aromatic carbocycles. The van der Waals surface area contributed by atoms with Crippen LogP contribution in [0.15, 0.2) is 18.2 Å². The molecule has 1 aliphatic heterocycles. The Labute approximate surface area is 99.7 Å². The maximum atomic E-state index is 13.4. The highest BCUT2D eigenvalue weighted by Gasteiger charge is 2.26. The molecule has 1 saturated heterocycles. The fourth-order valence-electron chi connectivity index (χ4n) is 2.20. The van der Waals surface area contributed by atoms with Gasteiger partial charge in [-0.25, -0.2) is 4.39 Å². The van der Waals surface area contributed by atoms with Crippen LogP contribution < -0.4 is 5.32 Å². The molecule has 0 bridgehead atoms. The minimum atomic E-state index is -0.363. The van der Waals surface area contributed by atoms with Gasteiger partial charge in [-0.3, -0.25) is 0 Å². The van der Waals surface area contributed by atoms with Crippen molar-refractivity contribution in [3.05, 3.63) is 34.6 Å². The van der Waals surface area contributed by atoms with E-state index in [1.165, 1.54) is 6.07 Å². The highest BCUT2D eigenvalue weighted by molar-refractivity contribution is 6.30. The smallest absolute Gasteiger partial charge is 0.142 e. The first-order chi connectivity index (χ1) is 7.72. The summed E-state index contributed by atoms with van der Waals surface area (Å²) in [6, 6.07) is 5.10. The largest absolute Gasteiger partial charge is 0.381 e. The van der Waals surface area contributed by atoms with Gasteiger partial charge in [0.1, 0.15) is 5.82 Å². The van der Waals surface area contributed by atoms with Gasteiger partial charge in [-0.1, -0.05) is 17.7 Å². The molecule has 2 unspecified atom stereocenters. The number of ether oxygens (including phenoxy) is 1. The molecule has 0 aromatic heterocycles. The van der Waals surface area contributed by atoms with Crippen LogP contribution in [-0.4, -0.2) is 20.3 Å². The van der Waals surface area contributed by atoms with Crippen LogP contribution in [0.3, 0.4) is 0 Å². The third-order valence-electron chi connectivity index (χ3n) is 3.05. The van der Waals surface area contributed by atoms with Crippen LogP contribution in [0.4, 0.5) is 4.39 Å². The molecule has 0 amide bonds. The van der Waals surface area contributed by atoms with Gasteiger partial charge in [0.05, 0.1) is 11.6 Å². The van der Waals surface area contributed by atoms with Crippen LogP contribution >= 0.6 is 11.6 Å². The summed E-state index contributed by atoms with van der Waals surface area (Å²) in [5.41, 5.74) is 0.930. The molecular weight excluding hydrogens is 229 g/mol. The van der Waals surface area contributed by atoms with Crippen LogP contribution in [0.1, 0.15) is 18.0 Å². The second kappa shape index (κ2) is 5.13. The Morgan fingerprint density at radius 1 is 1.56 bits per heavy atom. The predicted molar refractivity (Wildman–Crippen MR) is 62.1 cm³/mol. The molecule has 0 spiro atoms. The van der Waals surface area contributed by atoms with Crippen molar-refractivity contribution in [2.75, 3.05) is 20.3 Å². The van der Waals surface area contributed by atoms with E-state index in [9.17, 15) is 4.39 Å². The predicted octanol–water partition coefficient (Wildman–Crippen LogP) is 2.78. The van der Waals surface area contributed by atoms with Crippen LogP contribution in [0.5, 0.6) is 0 Å². The van der Waals surface area contributed by atoms with Gasteiger partial charge in [0.15, 0.2) is 0 Å². The Morgan fingerprint density at radius 3 is 2.94 bits per heavy atom. The zero-order valence-electron chi connectivity index (χ0n) is 9.17. The molecular formula is C12H15ClFNO. The number of nitrogens with one attached hydrogen (secondary N) is 1. The van der Waals surface area contributed by atoms with E-state index in [-0.39, 0.29) is 16.9 Å². The third-order valence-corrected chi connectivity index (χ3v) is 3.36. The monoisotopic (exact) mass is 243 g/mol. The van der Waals surface area contributed by atoms with E-state index in [4.69, 9.17) is 16.3 Å². The lowest BCUT2D eigenvalue weighted by Gasteiger charge is -2.22. The molecule has 2 rings (SSSR count). The fourth-order valence-corrected chi connectivity index (χ4v) is 2.31. The van der Waals surface area contributed by atoms with Crippen molar-refractivity contribution in [3.63, 3.8) is 0 Å². The van der Waals surface area contributed by atoms with Crippen molar-refractivity contribution in [1.82, 2.24) is 5.32 Å². The van der Waals surface area contributed by atoms with Gasteiger partial charge in [-0.2, -0.15) is 0 Å². The van der Waals surface area contributed by atoms with E-state index >= 15 is 0 Å². The van der Waals surface area contributed by atoms with Gasteiger partial charge in [0.2, 0.25) is 0 Å². The van der Waals surface area contributed by atoms with E-state index in [0.29, 0.717) is 5.92 Å². The molecule has 2 atom stereocenters. The average Bonchev–Trinajstić information content (AvgIpc) is 2.78. The van der Waals surface area contributed by atoms with Gasteiger partial charge >= 0.3 is 0 Å². The summed E-state index contributed by atoms with van der Waals surface area (Å²) in [6.45, 7) is 1.52. The molecule has 1 aromatic rings. The van der Waals surface area contributed by atoms with E-state index < -0.39 is 0 Å². The maximum Gasteiger partial charge on any atom is 0.142 e. The zero-order valence-corrected chi connectivity index (χ0v) is 9.93. The van der Waals surface area contributed by atoms with Crippen LogP contribution in [0.2, 0.25) is 5.02 Å². The molecule has 4 heteroatoms. The van der Waals surface area contributed by atoms with Crippen LogP contribution in [0, 0.1) is 11.7 Å². The van der Waals surface area contributed by atoms with E-state index in [2.05, 4.69) is 5.32 Å². The molecule has 0 saturated carbocycles. The van der Waals surface area contributed by atoms with Crippen molar-refractivity contribution in [2.45, 2.75) is 12.5 Å². The molecule has 1 fully saturated rings. The van der Waals surface area contributed by atoms with Gasteiger partial charge < -0.3 is 10.1 Å². The topological polar surface area (TPSA) is 21.3 Å². The molecule has 88 valence electrons. The highest BCUT2D eigenvalue weighted by atomic mass is 35.5. The van der Waals surface area contributed by atoms with Gasteiger partial charge in [0.25, 0.3) is 0 Å². The summed E-state index contributed by atoms with van der Waals surface area (Å²) >= 11 is 5.67. The first-order valence-electron chi connectivity index (χ1n) is 5.42. The van der Waals surface area contributed by atoms with Crippen molar-refractivity contribution < 1.29 is 9.13 Å². The zero-order chi connectivity index (χ0) is 11.5. The second-order valence-corrected chi connectivity index (χ2v) is 4.47. The second-order valence-electron chi connectivity index (χ2n) is 4.06.